The molecule has 1 heterocycles. The van der Waals surface area contributed by atoms with Crippen molar-refractivity contribution in [3.05, 3.63) is 48.2 Å². The van der Waals surface area contributed by atoms with E-state index >= 15 is 0 Å². The summed E-state index contributed by atoms with van der Waals surface area (Å²) in [4.78, 5) is 12.5. The number of ether oxygens (including phenoxy) is 2. The van der Waals surface area contributed by atoms with E-state index in [1.807, 2.05) is 40.8 Å². The first-order valence-corrected chi connectivity index (χ1v) is 13.0. The summed E-state index contributed by atoms with van der Waals surface area (Å²) in [5.41, 5.74) is 1.74. The lowest BCUT2D eigenvalue weighted by molar-refractivity contribution is -0.485. The number of aromatic hydroxyl groups is 1. The van der Waals surface area contributed by atoms with Gasteiger partial charge in [-0.05, 0) is 69.4 Å². The average Bonchev–Trinajstić information content (AvgIpc) is 2.86. The van der Waals surface area contributed by atoms with E-state index in [9.17, 15) is 15.0 Å². The highest BCUT2D eigenvalue weighted by Crippen LogP contribution is 2.31. The van der Waals surface area contributed by atoms with Crippen molar-refractivity contribution in [1.82, 2.24) is 5.32 Å². The van der Waals surface area contributed by atoms with Crippen molar-refractivity contribution in [2.24, 2.45) is 17.3 Å². The van der Waals surface area contributed by atoms with Crippen molar-refractivity contribution in [2.45, 2.75) is 65.9 Å². The average molecular weight is 501 g/mol. The molecule has 3 rings (SSSR count). The Labute approximate surface area is 215 Å². The lowest BCUT2D eigenvalue weighted by atomic mass is 9.85. The third-order valence-corrected chi connectivity index (χ3v) is 6.62. The van der Waals surface area contributed by atoms with Crippen LogP contribution in [0.4, 0.5) is 0 Å². The van der Waals surface area contributed by atoms with Crippen molar-refractivity contribution in [2.75, 3.05) is 26.3 Å². The van der Waals surface area contributed by atoms with Crippen molar-refractivity contribution in [3.8, 4) is 5.75 Å². The normalized spacial score (nSPS) is 22.0. The van der Waals surface area contributed by atoms with Gasteiger partial charge in [-0.1, -0.05) is 19.9 Å². The minimum atomic E-state index is -0.432. The Balaban J connectivity index is 1.47. The van der Waals surface area contributed by atoms with E-state index in [2.05, 4.69) is 41.7 Å². The number of benzene rings is 1. The van der Waals surface area contributed by atoms with Gasteiger partial charge in [0, 0.05) is 43.0 Å². The number of hydrogen-bond acceptors (Lipinski definition) is 3. The van der Waals surface area contributed by atoms with Crippen LogP contribution in [0.25, 0.3) is 5.57 Å². The van der Waals surface area contributed by atoms with Crippen molar-refractivity contribution in [1.29, 1.82) is 0 Å². The number of nitrogens with one attached hydrogen (secondary N) is 1. The second-order valence-corrected chi connectivity index (χ2v) is 11.7. The molecular formula is C29H44N2O5+2. The molecule has 4 N–H and O–H groups in total. The molecule has 2 atom stereocenters. The molecular weight excluding hydrogens is 456 g/mol. The van der Waals surface area contributed by atoms with Crippen LogP contribution in [0.5, 0.6) is 5.75 Å². The van der Waals surface area contributed by atoms with Crippen LogP contribution in [0.15, 0.2) is 42.6 Å². The van der Waals surface area contributed by atoms with Gasteiger partial charge in [-0.3, -0.25) is 4.79 Å². The van der Waals surface area contributed by atoms with Crippen LogP contribution >= 0.6 is 0 Å². The summed E-state index contributed by atoms with van der Waals surface area (Å²) in [5.74, 6) is 1.36. The summed E-state index contributed by atoms with van der Waals surface area (Å²) in [6.07, 6.45) is 9.44. The Morgan fingerprint density at radius 2 is 1.89 bits per heavy atom. The van der Waals surface area contributed by atoms with Crippen LogP contribution in [0.1, 0.15) is 65.9 Å². The standard InChI is InChI=1S/C29H42N2O5/c1-28(2,3)36-27(34)31-16-14-21(15-17-31)18-35-25-12-10-23(11-13-25)22-6-8-24(9-7-22)26(33)30-19-29(4,5)20-32/h6,10-14,16,21,24,32H,7-9,15,17-20H2,1-5H3,(H,30,33)/p+2. The van der Waals surface area contributed by atoms with Gasteiger partial charge in [0.2, 0.25) is 5.91 Å². The third-order valence-electron chi connectivity index (χ3n) is 6.62. The van der Waals surface area contributed by atoms with Crippen LogP contribution in [0.2, 0.25) is 0 Å². The third kappa shape index (κ3) is 8.40. The van der Waals surface area contributed by atoms with Gasteiger partial charge in [0.05, 0.1) is 5.92 Å². The molecule has 1 aromatic rings. The smallest absolute Gasteiger partial charge is 0.552 e. The van der Waals surface area contributed by atoms with Crippen LogP contribution in [0.3, 0.4) is 0 Å². The zero-order chi connectivity index (χ0) is 26.3. The molecule has 0 saturated heterocycles. The van der Waals surface area contributed by atoms with Gasteiger partial charge in [0.15, 0.2) is 19.4 Å². The van der Waals surface area contributed by atoms with E-state index in [0.29, 0.717) is 25.6 Å². The molecule has 0 aromatic heterocycles. The summed E-state index contributed by atoms with van der Waals surface area (Å²) < 4.78 is 12.0. The maximum absolute atomic E-state index is 12.5. The molecule has 1 aliphatic carbocycles. The summed E-state index contributed by atoms with van der Waals surface area (Å²) in [5, 5.41) is 22.5. The minimum absolute atomic E-state index is 0.00322. The van der Waals surface area contributed by atoms with Crippen LogP contribution in [-0.2, 0) is 9.53 Å². The van der Waals surface area contributed by atoms with E-state index in [1.165, 1.54) is 11.1 Å². The summed E-state index contributed by atoms with van der Waals surface area (Å²) >= 11 is 0. The fourth-order valence-corrected chi connectivity index (χ4v) is 4.21. The van der Waals surface area contributed by atoms with Gasteiger partial charge in [-0.2, -0.15) is 0 Å². The number of carbonyl (C=O) groups is 1. The highest BCUT2D eigenvalue weighted by atomic mass is 16.6. The highest BCUT2D eigenvalue weighted by Gasteiger charge is 2.27. The van der Waals surface area contributed by atoms with E-state index < -0.39 is 5.60 Å². The molecule has 1 aromatic carbocycles. The van der Waals surface area contributed by atoms with Gasteiger partial charge in [0.25, 0.3) is 5.75 Å². The van der Waals surface area contributed by atoms with Gasteiger partial charge >= 0.3 is 6.08 Å². The topological polar surface area (TPSA) is 94.6 Å². The molecule has 0 spiro atoms. The molecule has 0 saturated carbocycles. The monoisotopic (exact) mass is 500 g/mol. The summed E-state index contributed by atoms with van der Waals surface area (Å²) in [6, 6.07) is 8.34. The Kier molecular flexibility index (Phi) is 9.23. The van der Waals surface area contributed by atoms with Crippen molar-refractivity contribution < 1.29 is 29.1 Å². The fourth-order valence-electron chi connectivity index (χ4n) is 4.21. The first kappa shape index (κ1) is 27.8. The Bertz CT molecular complexity index is 986. The first-order chi connectivity index (χ1) is 17.0. The lowest BCUT2D eigenvalue weighted by Gasteiger charge is -2.25. The van der Waals surface area contributed by atoms with Crippen LogP contribution in [-0.4, -0.2) is 63.4 Å². The van der Waals surface area contributed by atoms with E-state index in [-0.39, 0.29) is 29.9 Å². The summed E-state index contributed by atoms with van der Waals surface area (Å²) in [6.45, 7) is 11.6. The van der Waals surface area contributed by atoms with E-state index in [4.69, 9.17) is 9.47 Å². The Morgan fingerprint density at radius 1 is 1.17 bits per heavy atom. The summed E-state index contributed by atoms with van der Waals surface area (Å²) in [7, 11) is 0. The number of hydrogen-bond donors (Lipinski definition) is 3. The van der Waals surface area contributed by atoms with Gasteiger partial charge < -0.3 is 25.0 Å². The van der Waals surface area contributed by atoms with Crippen LogP contribution in [0, 0.1) is 17.3 Å². The van der Waals surface area contributed by atoms with Crippen LogP contribution < -0.4 is 5.32 Å². The predicted octanol–water partition coefficient (Wildman–Crippen LogP) is 4.52. The van der Waals surface area contributed by atoms with E-state index in [1.54, 1.807) is 4.58 Å². The Morgan fingerprint density at radius 3 is 2.44 bits per heavy atom. The molecule has 36 heavy (non-hydrogen) atoms. The number of aliphatic hydroxyl groups excluding tert-OH is 2. The molecule has 7 nitrogen and oxygen atoms in total. The number of amides is 1. The number of rotatable bonds is 8. The molecule has 1 aliphatic heterocycles. The molecule has 0 bridgehead atoms. The molecule has 1 amide bonds. The second-order valence-electron chi connectivity index (χ2n) is 11.7. The number of allylic oxidation sites excluding steroid dienone is 2. The number of carbonyl (C=O) groups excluding carboxylic acids is 1. The highest BCUT2D eigenvalue weighted by molar-refractivity contribution is 5.80. The van der Waals surface area contributed by atoms with E-state index in [0.717, 1.165) is 31.4 Å². The fraction of sp³-hybridized carbons (Fsp3) is 0.586. The predicted molar refractivity (Wildman–Crippen MR) is 143 cm³/mol. The number of aliphatic hydroxyl groups is 3. The van der Waals surface area contributed by atoms with Gasteiger partial charge in [-0.25, -0.2) is 0 Å². The zero-order valence-electron chi connectivity index (χ0n) is 22.5. The molecule has 2 aliphatic rings. The van der Waals surface area contributed by atoms with Gasteiger partial charge in [-0.15, -0.1) is 4.58 Å². The maximum atomic E-state index is 12.5. The van der Waals surface area contributed by atoms with Crippen molar-refractivity contribution >= 4 is 17.6 Å². The minimum Gasteiger partial charge on any atom is -0.582 e. The molecule has 198 valence electrons. The molecule has 0 radical (unpaired) electrons. The SMILES string of the molecule is CC(C)(CO)CNC(=O)C1CC=C(c2ccc([OH+]CC3C=C[N+](=C(O)OC(C)(C)C)CC3)cc2)CC1. The molecule has 7 heteroatoms. The lowest BCUT2D eigenvalue weighted by Crippen LogP contribution is -2.39. The van der Waals surface area contributed by atoms with Crippen molar-refractivity contribution in [3.63, 3.8) is 0 Å². The maximum Gasteiger partial charge on any atom is 0.552 e. The Hall–Kier alpha value is -2.80. The quantitative estimate of drug-likeness (QED) is 0.278. The molecule has 2 unspecified atom stereocenters. The largest absolute Gasteiger partial charge is 0.582 e. The first-order valence-electron chi connectivity index (χ1n) is 13.0. The molecule has 0 fully saturated rings. The second kappa shape index (κ2) is 12.0. The van der Waals surface area contributed by atoms with Gasteiger partial charge in [0.1, 0.15) is 5.60 Å². The zero-order valence-corrected chi connectivity index (χ0v) is 22.5. The number of nitrogens with zero attached hydrogens (tertiary/aromatic N) is 1.